The Morgan fingerprint density at radius 2 is 0.932 bits per heavy atom. The van der Waals surface area contributed by atoms with Gasteiger partial charge in [-0.1, -0.05) is 35.7 Å². The summed E-state index contributed by atoms with van der Waals surface area (Å²) in [5.41, 5.74) is 23.7. The quantitative estimate of drug-likeness (QED) is 0.160. The van der Waals surface area contributed by atoms with Gasteiger partial charge < -0.3 is 9.97 Å². The second-order valence-electron chi connectivity index (χ2n) is 16.5. The lowest BCUT2D eigenvalue weighted by Crippen LogP contribution is -2.35. The van der Waals surface area contributed by atoms with Crippen molar-refractivity contribution in [3.63, 3.8) is 0 Å². The van der Waals surface area contributed by atoms with Gasteiger partial charge in [-0.2, -0.15) is 0 Å². The third-order valence-electron chi connectivity index (χ3n) is 13.5. The fraction of sp³-hybridized carbons (Fsp3) is 0.349. The molecule has 2 aliphatic heterocycles. The highest BCUT2D eigenvalue weighted by atomic mass is 32.8. The minimum atomic E-state index is -0.584. The van der Waals surface area contributed by atoms with Gasteiger partial charge in [0.1, 0.15) is 0 Å². The van der Waals surface area contributed by atoms with E-state index in [9.17, 15) is 0 Å². The summed E-state index contributed by atoms with van der Waals surface area (Å²) < 4.78 is 0. The Hall–Kier alpha value is 0.720. The van der Waals surface area contributed by atoms with Crippen LogP contribution in [-0.4, -0.2) is 19.9 Å². The average molecular weight is 1000 g/mol. The monoisotopic (exact) mass is 1000 g/mol. The molecule has 0 saturated heterocycles. The predicted octanol–water partition coefficient (Wildman–Crippen LogP) is 15.5. The van der Waals surface area contributed by atoms with Crippen LogP contribution in [0.3, 0.4) is 0 Å². The Morgan fingerprint density at radius 1 is 0.508 bits per heavy atom. The lowest BCUT2D eigenvalue weighted by atomic mass is 9.83. The van der Waals surface area contributed by atoms with Gasteiger partial charge in [0.2, 0.25) is 0 Å². The average Bonchev–Trinajstić information content (AvgIpc) is 3.98. The number of nitrogens with zero attached hydrogens (tertiary/aromatic N) is 2. The molecule has 16 heteroatoms. The van der Waals surface area contributed by atoms with Gasteiger partial charge in [0.05, 0.1) is 11.4 Å². The number of fused-ring (bicyclic) bond motifs is 8. The normalized spacial score (nSPS) is 19.5. The largest absolute Gasteiger partial charge is 0.355 e. The molecular formula is C43H60N4P12. The predicted molar refractivity (Wildman–Crippen MR) is 302 cm³/mol. The van der Waals surface area contributed by atoms with E-state index in [2.05, 4.69) is 185 Å². The van der Waals surface area contributed by atoms with Crippen molar-refractivity contribution in [1.29, 1.82) is 0 Å². The zero-order valence-electron chi connectivity index (χ0n) is 36.0. The van der Waals surface area contributed by atoms with E-state index < -0.39 is 28.9 Å². The molecule has 59 heavy (non-hydrogen) atoms. The number of hydrogen-bond acceptors (Lipinski definition) is 2. The molecule has 3 aromatic heterocycles. The van der Waals surface area contributed by atoms with Crippen molar-refractivity contribution in [1.82, 2.24) is 19.9 Å². The molecule has 14 atom stereocenters. The van der Waals surface area contributed by atoms with Crippen molar-refractivity contribution in [3.05, 3.63) is 98.1 Å². The lowest BCUT2D eigenvalue weighted by molar-refractivity contribution is 0.656. The minimum absolute atomic E-state index is 0.210. The third kappa shape index (κ3) is 8.54. The van der Waals surface area contributed by atoms with Crippen LogP contribution in [-0.2, 0) is 0 Å². The topological polar surface area (TPSA) is 57.4 Å². The molecule has 2 aliphatic rings. The summed E-state index contributed by atoms with van der Waals surface area (Å²) in [7, 11) is 21.6. The number of aromatic nitrogens is 4. The van der Waals surface area contributed by atoms with Gasteiger partial charge in [0.25, 0.3) is 0 Å². The number of nitrogens with one attached hydrogen (secondary N) is 2. The highest BCUT2D eigenvalue weighted by molar-refractivity contribution is 8.83. The summed E-state index contributed by atoms with van der Waals surface area (Å²) in [6.07, 6.45) is 0. The van der Waals surface area contributed by atoms with E-state index in [4.69, 9.17) is 9.97 Å². The van der Waals surface area contributed by atoms with Crippen molar-refractivity contribution < 1.29 is 0 Å². The molecule has 2 N–H and O–H groups in total. The molecule has 0 saturated carbocycles. The Balaban J connectivity index is 1.69. The second kappa shape index (κ2) is 18.9. The van der Waals surface area contributed by atoms with Crippen molar-refractivity contribution in [2.45, 2.75) is 99.8 Å². The maximum Gasteiger partial charge on any atom is 0.0541 e. The maximum atomic E-state index is 5.72. The summed E-state index contributed by atoms with van der Waals surface area (Å²) in [5, 5.41) is 4.63. The Labute approximate surface area is 375 Å². The molecule has 14 unspecified atom stereocenters. The van der Waals surface area contributed by atoms with Gasteiger partial charge in [0.15, 0.2) is 0 Å². The van der Waals surface area contributed by atoms with Gasteiger partial charge >= 0.3 is 0 Å². The first-order chi connectivity index (χ1) is 27.8. The minimum Gasteiger partial charge on any atom is -0.355 e. The Morgan fingerprint density at radius 3 is 1.36 bits per heavy atom. The molecule has 2 aromatic carbocycles. The van der Waals surface area contributed by atoms with Gasteiger partial charge in [-0.05, 0) is 169 Å². The lowest BCUT2D eigenvalue weighted by Gasteiger charge is -2.32. The highest BCUT2D eigenvalue weighted by Crippen LogP contribution is 2.83. The van der Waals surface area contributed by atoms with Gasteiger partial charge in [-0.25, -0.2) is 0 Å². The number of aromatic amines is 2. The summed E-state index contributed by atoms with van der Waals surface area (Å²) >= 11 is 0. The smallest absolute Gasteiger partial charge is 0.0541 e. The Bertz CT molecular complexity index is 2640. The first-order valence-electron chi connectivity index (χ1n) is 19.9. The zero-order valence-corrected chi connectivity index (χ0v) is 48.7. The summed E-state index contributed by atoms with van der Waals surface area (Å²) in [6, 6.07) is 13.7. The molecule has 8 bridgehead atoms. The molecule has 0 fully saturated rings. The van der Waals surface area contributed by atoms with Crippen LogP contribution in [0.15, 0.2) is 36.4 Å². The molecular weight excluding hydrogens is 944 g/mol. The van der Waals surface area contributed by atoms with Crippen LogP contribution in [0.2, 0.25) is 0 Å². The maximum absolute atomic E-state index is 5.72. The van der Waals surface area contributed by atoms with Crippen LogP contribution in [0.1, 0.15) is 113 Å². The van der Waals surface area contributed by atoms with Crippen molar-refractivity contribution in [2.24, 2.45) is 0 Å². The Kier molecular flexibility index (Phi) is 15.3. The summed E-state index contributed by atoms with van der Waals surface area (Å²) in [6.45, 7) is 25.2. The van der Waals surface area contributed by atoms with E-state index in [1.807, 2.05) is 0 Å². The van der Waals surface area contributed by atoms with Crippen LogP contribution < -0.4 is 15.9 Å². The number of hydrogen-bond donors (Lipinski definition) is 2. The van der Waals surface area contributed by atoms with E-state index in [1.54, 1.807) is 5.30 Å². The molecule has 0 aliphatic carbocycles. The summed E-state index contributed by atoms with van der Waals surface area (Å²) in [4.78, 5) is 19.3. The first-order valence-corrected chi connectivity index (χ1v) is 39.4. The zero-order chi connectivity index (χ0) is 43.1. The molecule has 0 radical (unpaired) electrons. The van der Waals surface area contributed by atoms with Gasteiger partial charge in [0, 0.05) is 78.9 Å². The van der Waals surface area contributed by atoms with Crippen LogP contribution in [0, 0.1) is 48.5 Å². The standard InChI is InChI=1S/C43H60N4P12/c1-18-19(2)23(6)35(24(7)20(18)3)37-31-14-12-29(44-31)16-34-22(5)27(10)40(47-34)38(32-15-13-30(45-32)17-33-21(4)26(9)39(37)46-33)36-25(8)28(11)41(56(49)50)43(57(51)55-48)42(36)58(52)59(53)54/h12-17,21-22,26-27,44-45,55H,48-54H2,1-11H3. The van der Waals surface area contributed by atoms with Crippen LogP contribution in [0.5, 0.6) is 0 Å². The van der Waals surface area contributed by atoms with E-state index in [1.165, 1.54) is 77.5 Å². The van der Waals surface area contributed by atoms with Gasteiger partial charge in [-0.15, -0.1) is 62.5 Å². The molecule has 0 spiro atoms. The summed E-state index contributed by atoms with van der Waals surface area (Å²) in [5.74, 6) is 0.920. The molecule has 4 nitrogen and oxygen atoms in total. The van der Waals surface area contributed by atoms with Crippen molar-refractivity contribution in [2.75, 3.05) is 0 Å². The molecule has 312 valence electrons. The highest BCUT2D eigenvalue weighted by Gasteiger charge is 2.35. The van der Waals surface area contributed by atoms with Crippen molar-refractivity contribution in [3.8, 4) is 22.3 Å². The molecule has 5 heterocycles. The molecule has 7 rings (SSSR count). The van der Waals surface area contributed by atoms with E-state index in [0.717, 1.165) is 47.1 Å². The molecule has 5 aromatic rings. The molecule has 0 amide bonds. The number of rotatable bonds is 7. The SMILES string of the molecule is Cc1c(C)c(C)c(-c2c3nc(cc4ccc([nH]4)c(-c4c(C)c(C)c(P(P)P)c(P(P)PP)c4P(P)P(P)P)c4nc(cc5ccc2[nH]5)C(C)C4C)C(C)C3C)c(C)c1C. The van der Waals surface area contributed by atoms with E-state index in [0.29, 0.717) is 0 Å². The first kappa shape index (κ1) is 47.7. The van der Waals surface area contributed by atoms with E-state index >= 15 is 0 Å². The fourth-order valence-corrected chi connectivity index (χ4v) is 24.8. The van der Waals surface area contributed by atoms with Gasteiger partial charge in [-0.3, -0.25) is 9.97 Å². The third-order valence-corrected chi connectivity index (χ3v) is 42.4. The van der Waals surface area contributed by atoms with Crippen LogP contribution in [0.25, 0.3) is 44.3 Å². The van der Waals surface area contributed by atoms with Crippen molar-refractivity contribution >= 4 is 137 Å². The second-order valence-corrected chi connectivity index (χ2v) is 47.1. The fourth-order valence-electron chi connectivity index (χ4n) is 9.05. The van der Waals surface area contributed by atoms with Crippen LogP contribution in [0.4, 0.5) is 0 Å². The number of H-pyrrole nitrogens is 2. The van der Waals surface area contributed by atoms with Crippen LogP contribution >= 0.6 is 99.3 Å². The number of benzene rings is 2. The van der Waals surface area contributed by atoms with E-state index in [-0.39, 0.29) is 23.7 Å².